The number of allylic oxidation sites excluding steroid dienone is 1. The largest absolute Gasteiger partial charge is 0.259 e. The molecule has 0 N–H and O–H groups in total. The van der Waals surface area contributed by atoms with Crippen molar-refractivity contribution in [2.45, 2.75) is 19.8 Å². The number of thioether (sulfide) groups is 1. The summed E-state index contributed by atoms with van der Waals surface area (Å²) in [7, 11) is 0. The maximum atomic E-state index is 9.96. The van der Waals surface area contributed by atoms with Gasteiger partial charge in [-0.05, 0) is 12.7 Å². The molecule has 0 aliphatic heterocycles. The minimum Gasteiger partial charge on any atom is -0.259 e. The Morgan fingerprint density at radius 1 is 1.80 bits per heavy atom. The van der Waals surface area contributed by atoms with E-state index in [1.54, 1.807) is 0 Å². The van der Waals surface area contributed by atoms with Crippen LogP contribution >= 0.6 is 11.8 Å². The molecular formula is C6H11NO2S. The third-order valence-corrected chi connectivity index (χ3v) is 1.84. The summed E-state index contributed by atoms with van der Waals surface area (Å²) in [4.78, 5) is 10.4. The van der Waals surface area contributed by atoms with Gasteiger partial charge in [-0.3, -0.25) is 10.1 Å². The molecule has 0 fully saturated rings. The first-order valence-corrected chi connectivity index (χ1v) is 4.31. The van der Waals surface area contributed by atoms with Crippen molar-refractivity contribution in [3.63, 3.8) is 0 Å². The van der Waals surface area contributed by atoms with E-state index >= 15 is 0 Å². The first-order valence-electron chi connectivity index (χ1n) is 3.09. The van der Waals surface area contributed by atoms with E-state index in [1.807, 2.05) is 13.2 Å². The lowest BCUT2D eigenvalue weighted by Gasteiger charge is -1.94. The van der Waals surface area contributed by atoms with Crippen LogP contribution in [-0.2, 0) is 0 Å². The maximum Gasteiger partial charge on any atom is 0.243 e. The monoisotopic (exact) mass is 161 g/mol. The Labute approximate surface area is 64.7 Å². The smallest absolute Gasteiger partial charge is 0.243 e. The van der Waals surface area contributed by atoms with E-state index in [4.69, 9.17) is 0 Å². The molecular weight excluding hydrogens is 150 g/mol. The van der Waals surface area contributed by atoms with Crippen molar-refractivity contribution in [2.24, 2.45) is 0 Å². The number of nitrogens with zero attached hydrogens (tertiary/aromatic N) is 1. The van der Waals surface area contributed by atoms with Crippen molar-refractivity contribution in [3.8, 4) is 0 Å². The van der Waals surface area contributed by atoms with Gasteiger partial charge in [0.15, 0.2) is 0 Å². The van der Waals surface area contributed by atoms with Crippen molar-refractivity contribution < 1.29 is 4.92 Å². The summed E-state index contributed by atoms with van der Waals surface area (Å²) in [5.41, 5.74) is 0. The normalized spacial score (nSPS) is 11.6. The van der Waals surface area contributed by atoms with Crippen LogP contribution in [0.15, 0.2) is 11.1 Å². The van der Waals surface area contributed by atoms with Crippen LogP contribution in [0.2, 0.25) is 0 Å². The van der Waals surface area contributed by atoms with Gasteiger partial charge in [0.25, 0.3) is 0 Å². The molecule has 0 aromatic heterocycles. The lowest BCUT2D eigenvalue weighted by molar-refractivity contribution is -0.403. The molecule has 0 spiro atoms. The van der Waals surface area contributed by atoms with Gasteiger partial charge >= 0.3 is 0 Å². The highest BCUT2D eigenvalue weighted by molar-refractivity contribution is 8.02. The van der Waals surface area contributed by atoms with Gasteiger partial charge < -0.3 is 0 Å². The Morgan fingerprint density at radius 2 is 2.40 bits per heavy atom. The predicted octanol–water partition coefficient (Wildman–Crippen LogP) is 2.27. The fraction of sp³-hybridized carbons (Fsp3) is 0.667. The van der Waals surface area contributed by atoms with Gasteiger partial charge in [-0.25, -0.2) is 0 Å². The number of nitro groups is 1. The third-order valence-electron chi connectivity index (χ3n) is 1.01. The average Bonchev–Trinajstić information content (AvgIpc) is 1.86. The molecule has 0 aliphatic rings. The second-order valence-corrected chi connectivity index (χ2v) is 2.77. The standard InChI is InChI=1S/C6H11NO2S/c1-3-4-6(10-2)5-7(8)9/h5H,3-4H2,1-2H3. The Hall–Kier alpha value is -0.510. The topological polar surface area (TPSA) is 43.1 Å². The SMILES string of the molecule is CCCC(=C[N+](=O)[O-])SC. The molecule has 10 heavy (non-hydrogen) atoms. The van der Waals surface area contributed by atoms with E-state index in [1.165, 1.54) is 11.8 Å². The fourth-order valence-corrected chi connectivity index (χ4v) is 1.18. The average molecular weight is 161 g/mol. The lowest BCUT2D eigenvalue weighted by atomic mass is 10.3. The van der Waals surface area contributed by atoms with E-state index in [-0.39, 0.29) is 0 Å². The van der Waals surface area contributed by atoms with E-state index in [2.05, 4.69) is 0 Å². The van der Waals surface area contributed by atoms with Crippen LogP contribution in [0, 0.1) is 10.1 Å². The molecule has 0 amide bonds. The molecule has 0 rings (SSSR count). The zero-order chi connectivity index (χ0) is 7.98. The summed E-state index contributed by atoms with van der Waals surface area (Å²) in [6, 6.07) is 0. The van der Waals surface area contributed by atoms with Crippen molar-refractivity contribution in [1.29, 1.82) is 0 Å². The molecule has 58 valence electrons. The molecule has 4 heteroatoms. The van der Waals surface area contributed by atoms with E-state index in [0.717, 1.165) is 23.9 Å². The molecule has 0 unspecified atom stereocenters. The molecule has 0 aliphatic carbocycles. The van der Waals surface area contributed by atoms with Crippen LogP contribution in [0.4, 0.5) is 0 Å². The van der Waals surface area contributed by atoms with Gasteiger partial charge in [-0.2, -0.15) is 0 Å². The predicted molar refractivity (Wildman–Crippen MR) is 43.5 cm³/mol. The second kappa shape index (κ2) is 5.29. The summed E-state index contributed by atoms with van der Waals surface area (Å²) < 4.78 is 0. The summed E-state index contributed by atoms with van der Waals surface area (Å²) in [5, 5.41) is 9.96. The van der Waals surface area contributed by atoms with Crippen LogP contribution in [0.1, 0.15) is 19.8 Å². The second-order valence-electron chi connectivity index (χ2n) is 1.83. The Balaban J connectivity index is 3.91. The van der Waals surface area contributed by atoms with Crippen LogP contribution < -0.4 is 0 Å². The minimum atomic E-state index is -0.401. The highest BCUT2D eigenvalue weighted by Crippen LogP contribution is 2.16. The van der Waals surface area contributed by atoms with E-state index < -0.39 is 4.92 Å². The first kappa shape index (κ1) is 9.49. The fourth-order valence-electron chi connectivity index (χ4n) is 0.583. The van der Waals surface area contributed by atoms with Crippen molar-refractivity contribution in [2.75, 3.05) is 6.26 Å². The molecule has 0 heterocycles. The molecule has 0 atom stereocenters. The number of hydrogen-bond donors (Lipinski definition) is 0. The van der Waals surface area contributed by atoms with Crippen molar-refractivity contribution >= 4 is 11.8 Å². The van der Waals surface area contributed by atoms with Gasteiger partial charge in [-0.1, -0.05) is 13.3 Å². The molecule has 3 nitrogen and oxygen atoms in total. The lowest BCUT2D eigenvalue weighted by Crippen LogP contribution is -1.86. The van der Waals surface area contributed by atoms with Crippen LogP contribution in [0.25, 0.3) is 0 Å². The zero-order valence-corrected chi connectivity index (χ0v) is 6.98. The summed E-state index contributed by atoms with van der Waals surface area (Å²) >= 11 is 1.44. The van der Waals surface area contributed by atoms with Gasteiger partial charge in [0.2, 0.25) is 6.20 Å². The maximum absolute atomic E-state index is 9.96. The van der Waals surface area contributed by atoms with Gasteiger partial charge in [0.05, 0.1) is 9.83 Å². The van der Waals surface area contributed by atoms with Crippen LogP contribution in [-0.4, -0.2) is 11.2 Å². The first-order chi connectivity index (χ1) is 4.70. The molecule has 0 aromatic carbocycles. The summed E-state index contributed by atoms with van der Waals surface area (Å²) in [6.07, 6.45) is 4.70. The quantitative estimate of drug-likeness (QED) is 0.469. The Kier molecular flexibility index (Phi) is 5.02. The summed E-state index contributed by atoms with van der Waals surface area (Å²) in [6.45, 7) is 2.00. The highest BCUT2D eigenvalue weighted by Gasteiger charge is 1.98. The third kappa shape index (κ3) is 4.38. The van der Waals surface area contributed by atoms with Crippen LogP contribution in [0.5, 0.6) is 0 Å². The van der Waals surface area contributed by atoms with E-state index in [0.29, 0.717) is 0 Å². The Morgan fingerprint density at radius 3 is 2.70 bits per heavy atom. The number of rotatable bonds is 4. The van der Waals surface area contributed by atoms with Gasteiger partial charge in [0, 0.05) is 0 Å². The zero-order valence-electron chi connectivity index (χ0n) is 6.16. The molecule has 0 bridgehead atoms. The molecule has 0 saturated heterocycles. The number of hydrogen-bond acceptors (Lipinski definition) is 3. The minimum absolute atomic E-state index is 0.401. The van der Waals surface area contributed by atoms with Gasteiger partial charge in [0.1, 0.15) is 0 Å². The van der Waals surface area contributed by atoms with Crippen molar-refractivity contribution in [1.82, 2.24) is 0 Å². The molecule has 0 aromatic rings. The molecule has 0 saturated carbocycles. The summed E-state index contributed by atoms with van der Waals surface area (Å²) in [5.74, 6) is 0. The highest BCUT2D eigenvalue weighted by atomic mass is 32.2. The molecule has 0 radical (unpaired) electrons. The van der Waals surface area contributed by atoms with Crippen molar-refractivity contribution in [3.05, 3.63) is 21.2 Å². The van der Waals surface area contributed by atoms with Crippen LogP contribution in [0.3, 0.4) is 0 Å². The Bertz CT molecular complexity index is 145. The van der Waals surface area contributed by atoms with Gasteiger partial charge in [-0.15, -0.1) is 11.8 Å². The van der Waals surface area contributed by atoms with E-state index in [9.17, 15) is 10.1 Å².